The van der Waals surface area contributed by atoms with Crippen LogP contribution in [-0.4, -0.2) is 4.57 Å². The molecule has 1 heterocycles. The molecular formula is C60H42N2. The van der Waals surface area contributed by atoms with E-state index in [1.165, 1.54) is 66.3 Å². The zero-order valence-corrected chi connectivity index (χ0v) is 34.1. The first-order valence-corrected chi connectivity index (χ1v) is 21.3. The number of aromatic nitrogens is 1. The quantitative estimate of drug-likeness (QED) is 0.141. The van der Waals surface area contributed by atoms with Crippen LogP contribution in [0.2, 0.25) is 0 Å². The highest BCUT2D eigenvalue weighted by Gasteiger charge is 2.23. The highest BCUT2D eigenvalue weighted by Crippen LogP contribution is 2.49. The van der Waals surface area contributed by atoms with Crippen LogP contribution in [0.25, 0.3) is 83.1 Å². The molecule has 11 rings (SSSR count). The van der Waals surface area contributed by atoms with E-state index in [4.69, 9.17) is 0 Å². The van der Waals surface area contributed by atoms with Crippen LogP contribution in [0.3, 0.4) is 0 Å². The first-order valence-electron chi connectivity index (χ1n) is 21.3. The predicted molar refractivity (Wildman–Crippen MR) is 263 cm³/mol. The lowest BCUT2D eigenvalue weighted by Crippen LogP contribution is -2.11. The van der Waals surface area contributed by atoms with Crippen LogP contribution < -0.4 is 4.90 Å². The van der Waals surface area contributed by atoms with Crippen molar-refractivity contribution >= 4 is 38.9 Å². The Hall–Kier alpha value is -8.20. The van der Waals surface area contributed by atoms with E-state index in [1.807, 2.05) is 0 Å². The van der Waals surface area contributed by atoms with Crippen molar-refractivity contribution in [2.75, 3.05) is 4.90 Å². The van der Waals surface area contributed by atoms with Gasteiger partial charge >= 0.3 is 0 Å². The number of benzene rings is 10. The van der Waals surface area contributed by atoms with Crippen LogP contribution in [0, 0.1) is 0 Å². The molecule has 0 spiro atoms. The van der Waals surface area contributed by atoms with Crippen LogP contribution in [0.15, 0.2) is 255 Å². The summed E-state index contributed by atoms with van der Waals surface area (Å²) in [5.41, 5.74) is 18.6. The molecule has 0 aliphatic rings. The minimum atomic E-state index is 1.08. The Morgan fingerprint density at radius 3 is 1.53 bits per heavy atom. The summed E-state index contributed by atoms with van der Waals surface area (Å²) >= 11 is 0. The summed E-state index contributed by atoms with van der Waals surface area (Å²) < 4.78 is 2.39. The molecule has 0 fully saturated rings. The van der Waals surface area contributed by atoms with E-state index in [1.54, 1.807) is 0 Å². The van der Waals surface area contributed by atoms with E-state index in [2.05, 4.69) is 264 Å². The molecule has 0 aliphatic carbocycles. The third-order valence-electron chi connectivity index (χ3n) is 12.0. The van der Waals surface area contributed by atoms with Gasteiger partial charge in [-0.1, -0.05) is 200 Å². The van der Waals surface area contributed by atoms with Gasteiger partial charge in [-0.05, 0) is 105 Å². The number of hydrogen-bond donors (Lipinski definition) is 0. The Labute approximate surface area is 362 Å². The predicted octanol–water partition coefficient (Wildman–Crippen LogP) is 16.6. The maximum Gasteiger partial charge on any atom is 0.0547 e. The van der Waals surface area contributed by atoms with Crippen molar-refractivity contribution in [1.82, 2.24) is 4.57 Å². The van der Waals surface area contributed by atoms with Gasteiger partial charge in [0.1, 0.15) is 0 Å². The van der Waals surface area contributed by atoms with Gasteiger partial charge < -0.3 is 9.47 Å². The molecule has 2 heteroatoms. The summed E-state index contributed by atoms with van der Waals surface area (Å²) in [7, 11) is 0. The molecule has 0 aliphatic heterocycles. The lowest BCUT2D eigenvalue weighted by molar-refractivity contribution is 1.18. The summed E-state index contributed by atoms with van der Waals surface area (Å²) in [4.78, 5) is 2.42. The smallest absolute Gasteiger partial charge is 0.0547 e. The van der Waals surface area contributed by atoms with Crippen LogP contribution >= 0.6 is 0 Å². The number of rotatable bonds is 9. The van der Waals surface area contributed by atoms with Crippen LogP contribution in [0.4, 0.5) is 17.1 Å². The molecule has 0 saturated heterocycles. The van der Waals surface area contributed by atoms with Gasteiger partial charge in [0.15, 0.2) is 0 Å². The topological polar surface area (TPSA) is 8.17 Å². The molecule has 0 atom stereocenters. The molecule has 0 radical (unpaired) electrons. The van der Waals surface area contributed by atoms with E-state index < -0.39 is 0 Å². The van der Waals surface area contributed by atoms with Crippen molar-refractivity contribution in [3.63, 3.8) is 0 Å². The van der Waals surface area contributed by atoms with Crippen LogP contribution in [0.5, 0.6) is 0 Å². The molecule has 11 aromatic rings. The van der Waals surface area contributed by atoms with E-state index in [0.29, 0.717) is 0 Å². The third kappa shape index (κ3) is 6.56. The first-order chi connectivity index (χ1) is 30.8. The molecule has 1 aromatic heterocycles. The summed E-state index contributed by atoms with van der Waals surface area (Å²) in [6.07, 6.45) is 0. The van der Waals surface area contributed by atoms with Crippen molar-refractivity contribution in [3.05, 3.63) is 255 Å². The van der Waals surface area contributed by atoms with Crippen LogP contribution in [0.1, 0.15) is 0 Å². The summed E-state index contributed by atoms with van der Waals surface area (Å²) in [5, 5.41) is 2.48. The highest BCUT2D eigenvalue weighted by atomic mass is 15.1. The Bertz CT molecular complexity index is 3330. The summed E-state index contributed by atoms with van der Waals surface area (Å²) in [5.74, 6) is 0. The molecule has 10 aromatic carbocycles. The van der Waals surface area contributed by atoms with E-state index in [-0.39, 0.29) is 0 Å². The molecule has 0 saturated carbocycles. The maximum absolute atomic E-state index is 2.42. The summed E-state index contributed by atoms with van der Waals surface area (Å²) in [6, 6.07) is 92.1. The number of anilines is 3. The van der Waals surface area contributed by atoms with E-state index >= 15 is 0 Å². The second-order valence-electron chi connectivity index (χ2n) is 15.6. The Morgan fingerprint density at radius 1 is 0.290 bits per heavy atom. The molecule has 62 heavy (non-hydrogen) atoms. The average molecular weight is 791 g/mol. The van der Waals surface area contributed by atoms with Crippen molar-refractivity contribution in [3.8, 4) is 61.3 Å². The fourth-order valence-corrected chi connectivity index (χ4v) is 9.32. The van der Waals surface area contributed by atoms with Gasteiger partial charge in [-0.15, -0.1) is 0 Å². The second-order valence-corrected chi connectivity index (χ2v) is 15.6. The van der Waals surface area contributed by atoms with Crippen LogP contribution in [-0.2, 0) is 0 Å². The molecule has 2 nitrogen and oxygen atoms in total. The normalized spacial score (nSPS) is 11.2. The van der Waals surface area contributed by atoms with Gasteiger partial charge in [-0.3, -0.25) is 0 Å². The highest BCUT2D eigenvalue weighted by molar-refractivity contribution is 6.16. The monoisotopic (exact) mass is 790 g/mol. The average Bonchev–Trinajstić information content (AvgIpc) is 3.70. The molecule has 0 amide bonds. The van der Waals surface area contributed by atoms with Gasteiger partial charge in [0.05, 0.1) is 16.7 Å². The number of fused-ring (bicyclic) bond motifs is 3. The third-order valence-corrected chi connectivity index (χ3v) is 12.0. The molecule has 0 bridgehead atoms. The Kier molecular flexibility index (Phi) is 9.57. The van der Waals surface area contributed by atoms with Gasteiger partial charge in [0.2, 0.25) is 0 Å². The minimum Gasteiger partial charge on any atom is -0.310 e. The van der Waals surface area contributed by atoms with Gasteiger partial charge in [-0.25, -0.2) is 0 Å². The first kappa shape index (κ1) is 36.8. The fourth-order valence-electron chi connectivity index (χ4n) is 9.32. The maximum atomic E-state index is 2.42. The summed E-state index contributed by atoms with van der Waals surface area (Å²) in [6.45, 7) is 0. The SMILES string of the molecule is c1ccc(-c2ccccc2-c2c(-c3ccccc3)cccc2-c2ccccc2N(c2ccccc2)c2cccc(-c3cccc4c3c3ccccc3n4-c3ccccc3)c2)cc1. The standard InChI is InChI=1S/C60H42N2/c1-5-22-43(23-6-1)49-32-13-14-34-53(49)59-50(44-24-7-2-8-25-44)36-20-38-54(59)52-33-15-17-39-56(52)61(46-27-9-3-10-28-46)48-31-19-26-45(42-48)51-37-21-41-58-60(51)55-35-16-18-40-57(55)62(58)47-29-11-4-12-30-47/h1-42H. The van der Waals surface area contributed by atoms with E-state index in [0.717, 1.165) is 33.9 Å². The second kappa shape index (κ2) is 16.1. The Morgan fingerprint density at radius 2 is 0.774 bits per heavy atom. The fraction of sp³-hybridized carbons (Fsp3) is 0. The lowest BCUT2D eigenvalue weighted by Gasteiger charge is -2.29. The van der Waals surface area contributed by atoms with Gasteiger partial charge in [-0.2, -0.15) is 0 Å². The number of nitrogens with zero attached hydrogens (tertiary/aromatic N) is 2. The van der Waals surface area contributed by atoms with E-state index in [9.17, 15) is 0 Å². The number of hydrogen-bond acceptors (Lipinski definition) is 1. The lowest BCUT2D eigenvalue weighted by atomic mass is 9.84. The van der Waals surface area contributed by atoms with Gasteiger partial charge in [0.25, 0.3) is 0 Å². The largest absolute Gasteiger partial charge is 0.310 e. The van der Waals surface area contributed by atoms with Crippen molar-refractivity contribution in [2.24, 2.45) is 0 Å². The van der Waals surface area contributed by atoms with Crippen molar-refractivity contribution in [2.45, 2.75) is 0 Å². The van der Waals surface area contributed by atoms with Crippen molar-refractivity contribution in [1.29, 1.82) is 0 Å². The molecule has 0 unspecified atom stereocenters. The zero-order chi connectivity index (χ0) is 41.2. The molecule has 0 N–H and O–H groups in total. The zero-order valence-electron chi connectivity index (χ0n) is 34.1. The molecular weight excluding hydrogens is 749 g/mol. The molecule has 292 valence electrons. The number of para-hydroxylation sites is 4. The van der Waals surface area contributed by atoms with Gasteiger partial charge in [0, 0.05) is 33.4 Å². The Balaban J connectivity index is 1.13. The minimum absolute atomic E-state index is 1.08. The van der Waals surface area contributed by atoms with Crippen molar-refractivity contribution < 1.29 is 0 Å².